The van der Waals surface area contributed by atoms with Gasteiger partial charge >= 0.3 is 11.9 Å². The molecule has 1 rings (SSSR count). The van der Waals surface area contributed by atoms with Gasteiger partial charge in [0.2, 0.25) is 0 Å². The topological polar surface area (TPSA) is 74.6 Å². The zero-order chi connectivity index (χ0) is 14.3. The van der Waals surface area contributed by atoms with Crippen LogP contribution < -0.4 is 0 Å². The highest BCUT2D eigenvalue weighted by molar-refractivity contribution is 5.94. The van der Waals surface area contributed by atoms with Crippen LogP contribution in [-0.4, -0.2) is 22.2 Å². The van der Waals surface area contributed by atoms with Crippen molar-refractivity contribution in [1.82, 2.24) is 0 Å². The van der Waals surface area contributed by atoms with E-state index >= 15 is 0 Å². The fourth-order valence-corrected chi connectivity index (χ4v) is 2.05. The van der Waals surface area contributed by atoms with Crippen LogP contribution in [0.5, 0.6) is 0 Å². The maximum absolute atomic E-state index is 11.1. The third-order valence-corrected chi connectivity index (χ3v) is 3.14. The minimum Gasteiger partial charge on any atom is -0.478 e. The summed E-state index contributed by atoms with van der Waals surface area (Å²) in [6.45, 7) is 2.15. The van der Waals surface area contributed by atoms with Crippen LogP contribution in [0.2, 0.25) is 0 Å². The number of rotatable bonds is 8. The third kappa shape index (κ3) is 4.73. The summed E-state index contributed by atoms with van der Waals surface area (Å²) in [7, 11) is 0. The van der Waals surface area contributed by atoms with Gasteiger partial charge in [-0.1, -0.05) is 38.7 Å². The largest absolute Gasteiger partial charge is 0.478 e. The molecule has 0 aliphatic rings. The minimum atomic E-state index is -1.10. The number of aryl methyl sites for hydroxylation is 1. The molecule has 0 bridgehead atoms. The fourth-order valence-electron chi connectivity index (χ4n) is 2.05. The van der Waals surface area contributed by atoms with Crippen molar-refractivity contribution >= 4 is 11.9 Å². The van der Waals surface area contributed by atoms with Crippen molar-refractivity contribution in [1.29, 1.82) is 0 Å². The number of carboxylic acid groups (broad SMARTS) is 2. The van der Waals surface area contributed by atoms with Crippen LogP contribution in [0.3, 0.4) is 0 Å². The Morgan fingerprint density at radius 2 is 1.68 bits per heavy atom. The lowest BCUT2D eigenvalue weighted by atomic mass is 9.98. The number of carbonyl (C=O) groups is 2. The summed E-state index contributed by atoms with van der Waals surface area (Å²) in [5, 5.41) is 18.0. The molecule has 0 radical (unpaired) electrons. The van der Waals surface area contributed by atoms with Crippen LogP contribution in [0.1, 0.15) is 65.3 Å². The molecule has 1 aromatic rings. The molecule has 0 spiro atoms. The van der Waals surface area contributed by atoms with E-state index in [4.69, 9.17) is 10.2 Å². The maximum atomic E-state index is 11.1. The molecule has 4 nitrogen and oxygen atoms in total. The average Bonchev–Trinajstić information content (AvgIpc) is 2.38. The number of carboxylic acids is 2. The highest BCUT2D eigenvalue weighted by Gasteiger charge is 2.13. The lowest BCUT2D eigenvalue weighted by Gasteiger charge is -2.07. The van der Waals surface area contributed by atoms with Crippen LogP contribution in [0, 0.1) is 0 Å². The Bertz CT molecular complexity index is 451. The molecule has 0 unspecified atom stereocenters. The summed E-state index contributed by atoms with van der Waals surface area (Å²) in [5.74, 6) is -2.16. The highest BCUT2D eigenvalue weighted by Crippen LogP contribution is 2.16. The van der Waals surface area contributed by atoms with E-state index in [1.807, 2.05) is 0 Å². The number of benzene rings is 1. The lowest BCUT2D eigenvalue weighted by Crippen LogP contribution is -2.06. The summed E-state index contributed by atoms with van der Waals surface area (Å²) in [5.41, 5.74) is 0.844. The standard InChI is InChI=1S/C15H20O4/c1-2-3-4-5-6-7-11-8-9-12(14(16)17)10-13(11)15(18)19/h8-10H,2-7H2,1H3,(H,16,17)(H,18,19). The van der Waals surface area contributed by atoms with Gasteiger partial charge in [0, 0.05) is 0 Å². The summed E-state index contributed by atoms with van der Waals surface area (Å²) in [6, 6.07) is 4.33. The highest BCUT2D eigenvalue weighted by atomic mass is 16.4. The normalized spacial score (nSPS) is 10.4. The second-order valence-electron chi connectivity index (χ2n) is 4.65. The van der Waals surface area contributed by atoms with Gasteiger partial charge in [-0.2, -0.15) is 0 Å². The first-order valence-corrected chi connectivity index (χ1v) is 6.65. The van der Waals surface area contributed by atoms with Gasteiger partial charge in [0.1, 0.15) is 0 Å². The van der Waals surface area contributed by atoms with Gasteiger partial charge in [0.15, 0.2) is 0 Å². The third-order valence-electron chi connectivity index (χ3n) is 3.14. The second kappa shape index (κ2) is 7.56. The Morgan fingerprint density at radius 1 is 1.00 bits per heavy atom. The van der Waals surface area contributed by atoms with Gasteiger partial charge in [-0.05, 0) is 30.5 Å². The van der Waals surface area contributed by atoms with Crippen molar-refractivity contribution in [2.75, 3.05) is 0 Å². The van der Waals surface area contributed by atoms with Gasteiger partial charge in [-0.15, -0.1) is 0 Å². The van der Waals surface area contributed by atoms with Crippen molar-refractivity contribution in [3.63, 3.8) is 0 Å². The predicted molar refractivity (Wildman–Crippen MR) is 72.8 cm³/mol. The van der Waals surface area contributed by atoms with Gasteiger partial charge < -0.3 is 10.2 Å². The Labute approximate surface area is 113 Å². The van der Waals surface area contributed by atoms with Gasteiger partial charge in [0.05, 0.1) is 11.1 Å². The molecule has 0 aromatic heterocycles. The number of hydrogen-bond donors (Lipinski definition) is 2. The molecule has 0 amide bonds. The van der Waals surface area contributed by atoms with Gasteiger partial charge in [-0.25, -0.2) is 9.59 Å². The number of hydrogen-bond acceptors (Lipinski definition) is 2. The minimum absolute atomic E-state index is 0.0205. The number of aromatic carboxylic acids is 2. The molecule has 0 saturated carbocycles. The first-order valence-electron chi connectivity index (χ1n) is 6.65. The monoisotopic (exact) mass is 264 g/mol. The maximum Gasteiger partial charge on any atom is 0.335 e. The fraction of sp³-hybridized carbons (Fsp3) is 0.467. The second-order valence-corrected chi connectivity index (χ2v) is 4.65. The molecular weight excluding hydrogens is 244 g/mol. The number of unbranched alkanes of at least 4 members (excludes halogenated alkanes) is 4. The Hall–Kier alpha value is -1.84. The van der Waals surface area contributed by atoms with Crippen LogP contribution in [0.25, 0.3) is 0 Å². The predicted octanol–water partition coefficient (Wildman–Crippen LogP) is 3.60. The van der Waals surface area contributed by atoms with E-state index in [2.05, 4.69) is 6.92 Å². The molecule has 2 N–H and O–H groups in total. The summed E-state index contributed by atoms with van der Waals surface area (Å²) in [6.07, 6.45) is 6.23. The van der Waals surface area contributed by atoms with E-state index in [0.29, 0.717) is 12.0 Å². The smallest absolute Gasteiger partial charge is 0.335 e. The molecule has 0 atom stereocenters. The molecule has 0 fully saturated rings. The van der Waals surface area contributed by atoms with Crippen LogP contribution in [0.4, 0.5) is 0 Å². The lowest BCUT2D eigenvalue weighted by molar-refractivity contribution is 0.0695. The van der Waals surface area contributed by atoms with Crippen molar-refractivity contribution in [2.45, 2.75) is 45.4 Å². The molecule has 19 heavy (non-hydrogen) atoms. The quantitative estimate of drug-likeness (QED) is 0.703. The molecule has 1 aromatic carbocycles. The Kier molecular flexibility index (Phi) is 6.06. The van der Waals surface area contributed by atoms with Crippen molar-refractivity contribution in [2.24, 2.45) is 0 Å². The zero-order valence-corrected chi connectivity index (χ0v) is 11.2. The first kappa shape index (κ1) is 15.2. The van der Waals surface area contributed by atoms with E-state index < -0.39 is 11.9 Å². The SMILES string of the molecule is CCCCCCCc1ccc(C(=O)O)cc1C(=O)O. The van der Waals surface area contributed by atoms with Crippen LogP contribution in [0.15, 0.2) is 18.2 Å². The van der Waals surface area contributed by atoms with E-state index in [-0.39, 0.29) is 11.1 Å². The summed E-state index contributed by atoms with van der Waals surface area (Å²) >= 11 is 0. The van der Waals surface area contributed by atoms with E-state index in [9.17, 15) is 9.59 Å². The zero-order valence-electron chi connectivity index (χ0n) is 11.2. The van der Waals surface area contributed by atoms with Crippen molar-refractivity contribution in [3.05, 3.63) is 34.9 Å². The van der Waals surface area contributed by atoms with E-state index in [1.54, 1.807) is 6.07 Å². The Balaban J connectivity index is 2.71. The molecule has 4 heteroatoms. The van der Waals surface area contributed by atoms with Crippen LogP contribution in [-0.2, 0) is 6.42 Å². The van der Waals surface area contributed by atoms with Gasteiger partial charge in [0.25, 0.3) is 0 Å². The molecule has 0 heterocycles. The van der Waals surface area contributed by atoms with Crippen molar-refractivity contribution in [3.8, 4) is 0 Å². The summed E-state index contributed by atoms with van der Waals surface area (Å²) < 4.78 is 0. The van der Waals surface area contributed by atoms with Crippen LogP contribution >= 0.6 is 0 Å². The molecule has 104 valence electrons. The van der Waals surface area contributed by atoms with E-state index in [0.717, 1.165) is 19.3 Å². The molecule has 0 aliphatic carbocycles. The molecule has 0 saturated heterocycles. The van der Waals surface area contributed by atoms with Crippen molar-refractivity contribution < 1.29 is 19.8 Å². The summed E-state index contributed by atoms with van der Waals surface area (Å²) in [4.78, 5) is 22.0. The van der Waals surface area contributed by atoms with E-state index in [1.165, 1.54) is 25.0 Å². The average molecular weight is 264 g/mol. The first-order chi connectivity index (χ1) is 9.06. The Morgan fingerprint density at radius 3 is 2.26 bits per heavy atom. The molecular formula is C15H20O4. The van der Waals surface area contributed by atoms with Gasteiger partial charge in [-0.3, -0.25) is 0 Å². The molecule has 0 aliphatic heterocycles.